The van der Waals surface area contributed by atoms with E-state index in [1.54, 1.807) is 7.05 Å². The molecule has 4 aromatic rings. The molecule has 0 radical (unpaired) electrons. The highest BCUT2D eigenvalue weighted by atomic mass is 35.5. The normalized spacial score (nSPS) is 11.6. The van der Waals surface area contributed by atoms with Gasteiger partial charge in [-0.25, -0.2) is 18.1 Å². The maximum absolute atomic E-state index is 13.0. The average Bonchev–Trinajstić information content (AvgIpc) is 3.20. The number of carbonyl (C=O) groups excluding carboxylic acids is 1. The summed E-state index contributed by atoms with van der Waals surface area (Å²) in [6, 6.07) is 21.2. The van der Waals surface area contributed by atoms with Gasteiger partial charge in [-0.05, 0) is 35.9 Å². The molecule has 164 valence electrons. The minimum Gasteiger partial charge on any atom is -0.335 e. The van der Waals surface area contributed by atoms with Crippen LogP contribution in [-0.2, 0) is 23.1 Å². The van der Waals surface area contributed by atoms with E-state index < -0.39 is 10.0 Å². The van der Waals surface area contributed by atoms with Crippen LogP contribution in [0.3, 0.4) is 0 Å². The van der Waals surface area contributed by atoms with Gasteiger partial charge in [0, 0.05) is 19.2 Å². The highest BCUT2D eigenvalue weighted by Crippen LogP contribution is 2.25. The Morgan fingerprint density at radius 3 is 2.53 bits per heavy atom. The molecule has 0 unspecified atom stereocenters. The van der Waals surface area contributed by atoms with Gasteiger partial charge in [0.1, 0.15) is 9.90 Å². The van der Waals surface area contributed by atoms with Gasteiger partial charge in [-0.3, -0.25) is 4.79 Å². The lowest BCUT2D eigenvalue weighted by atomic mass is 10.2. The van der Waals surface area contributed by atoms with Crippen LogP contribution in [0, 0.1) is 0 Å². The molecule has 0 aliphatic heterocycles. The molecule has 0 saturated heterocycles. The first kappa shape index (κ1) is 22.4. The third kappa shape index (κ3) is 4.99. The number of amides is 1. The van der Waals surface area contributed by atoms with E-state index in [1.807, 2.05) is 54.6 Å². The standard InChI is InChI=1S/C23H20ClN3O3S2/c1-27(15-22-26-19-9-5-6-10-20(19)31-22)23(28)17-11-12-18(24)21(13-17)32(29,30)25-14-16-7-3-2-4-8-16/h2-13,25H,14-15H2,1H3. The number of hydrogen-bond acceptors (Lipinski definition) is 5. The monoisotopic (exact) mass is 485 g/mol. The highest BCUT2D eigenvalue weighted by Gasteiger charge is 2.22. The van der Waals surface area contributed by atoms with Crippen molar-refractivity contribution in [2.24, 2.45) is 0 Å². The third-order valence-electron chi connectivity index (χ3n) is 4.83. The number of halogens is 1. The van der Waals surface area contributed by atoms with Gasteiger partial charge in [0.25, 0.3) is 5.91 Å². The molecule has 4 rings (SSSR count). The molecule has 0 aliphatic carbocycles. The number of aromatic nitrogens is 1. The van der Waals surface area contributed by atoms with Crippen LogP contribution in [0.1, 0.15) is 20.9 Å². The summed E-state index contributed by atoms with van der Waals surface area (Å²) in [6.45, 7) is 0.435. The molecule has 9 heteroatoms. The van der Waals surface area contributed by atoms with Gasteiger partial charge < -0.3 is 4.90 Å². The van der Waals surface area contributed by atoms with Crippen LogP contribution in [0.5, 0.6) is 0 Å². The molecule has 0 spiro atoms. The lowest BCUT2D eigenvalue weighted by molar-refractivity contribution is 0.0785. The fourth-order valence-corrected chi connectivity index (χ4v) is 5.74. The van der Waals surface area contributed by atoms with Crippen molar-refractivity contribution in [2.45, 2.75) is 18.0 Å². The molecule has 32 heavy (non-hydrogen) atoms. The van der Waals surface area contributed by atoms with Crippen molar-refractivity contribution in [2.75, 3.05) is 7.05 Å². The van der Waals surface area contributed by atoms with E-state index in [2.05, 4.69) is 9.71 Å². The predicted molar refractivity (Wildman–Crippen MR) is 127 cm³/mol. The number of nitrogens with zero attached hydrogens (tertiary/aromatic N) is 2. The van der Waals surface area contributed by atoms with Crippen LogP contribution >= 0.6 is 22.9 Å². The van der Waals surface area contributed by atoms with E-state index in [0.29, 0.717) is 6.54 Å². The van der Waals surface area contributed by atoms with E-state index in [1.165, 1.54) is 34.4 Å². The predicted octanol–water partition coefficient (Wildman–Crippen LogP) is 4.70. The number of rotatable bonds is 7. The summed E-state index contributed by atoms with van der Waals surface area (Å²) in [5, 5.41) is 0.851. The molecule has 0 fully saturated rings. The van der Waals surface area contributed by atoms with Crippen molar-refractivity contribution in [3.8, 4) is 0 Å². The first-order chi connectivity index (χ1) is 15.3. The number of sulfonamides is 1. The Balaban J connectivity index is 1.52. The molecule has 0 saturated carbocycles. The molecule has 3 aromatic carbocycles. The van der Waals surface area contributed by atoms with Crippen LogP contribution in [0.25, 0.3) is 10.2 Å². The van der Waals surface area contributed by atoms with E-state index >= 15 is 0 Å². The van der Waals surface area contributed by atoms with Crippen molar-refractivity contribution in [1.82, 2.24) is 14.6 Å². The largest absolute Gasteiger partial charge is 0.335 e. The molecule has 1 aromatic heterocycles. The second-order valence-electron chi connectivity index (χ2n) is 7.19. The summed E-state index contributed by atoms with van der Waals surface area (Å²) in [7, 11) is -2.25. The average molecular weight is 486 g/mol. The maximum atomic E-state index is 13.0. The number of thiazole rings is 1. The summed E-state index contributed by atoms with van der Waals surface area (Å²) in [5.74, 6) is -0.319. The molecule has 1 heterocycles. The summed E-state index contributed by atoms with van der Waals surface area (Å²) in [4.78, 5) is 18.9. The molecule has 0 aliphatic rings. The highest BCUT2D eigenvalue weighted by molar-refractivity contribution is 7.89. The molecular weight excluding hydrogens is 466 g/mol. The fourth-order valence-electron chi connectivity index (χ4n) is 3.18. The Hall–Kier alpha value is -2.78. The number of nitrogens with one attached hydrogen (secondary N) is 1. The first-order valence-electron chi connectivity index (χ1n) is 9.76. The zero-order chi connectivity index (χ0) is 22.7. The van der Waals surface area contributed by atoms with Gasteiger partial charge in [0.15, 0.2) is 0 Å². The number of para-hydroxylation sites is 1. The van der Waals surface area contributed by atoms with E-state index in [0.717, 1.165) is 20.8 Å². The maximum Gasteiger partial charge on any atom is 0.254 e. The SMILES string of the molecule is CN(Cc1nc2ccccc2s1)C(=O)c1ccc(Cl)c(S(=O)(=O)NCc2ccccc2)c1. The Morgan fingerprint density at radius 2 is 1.78 bits per heavy atom. The van der Waals surface area contributed by atoms with Crippen molar-refractivity contribution < 1.29 is 13.2 Å². The van der Waals surface area contributed by atoms with Crippen molar-refractivity contribution in [3.63, 3.8) is 0 Å². The lowest BCUT2D eigenvalue weighted by Gasteiger charge is -2.17. The molecule has 1 amide bonds. The fraction of sp³-hybridized carbons (Fsp3) is 0.130. The van der Waals surface area contributed by atoms with Crippen LogP contribution in [0.15, 0.2) is 77.7 Å². The number of fused-ring (bicyclic) bond motifs is 1. The van der Waals surface area contributed by atoms with Crippen molar-refractivity contribution >= 4 is 49.1 Å². The molecule has 1 N–H and O–H groups in total. The Kier molecular flexibility index (Phi) is 6.57. The van der Waals surface area contributed by atoms with E-state index in [4.69, 9.17) is 11.6 Å². The minimum absolute atomic E-state index is 0.0518. The summed E-state index contributed by atoms with van der Waals surface area (Å²) in [5.41, 5.74) is 1.94. The second-order valence-corrected chi connectivity index (χ2v) is 10.4. The van der Waals surface area contributed by atoms with E-state index in [9.17, 15) is 13.2 Å². The van der Waals surface area contributed by atoms with Crippen LogP contribution < -0.4 is 4.72 Å². The zero-order valence-electron chi connectivity index (χ0n) is 17.2. The second kappa shape index (κ2) is 9.38. The van der Waals surface area contributed by atoms with E-state index in [-0.39, 0.29) is 27.9 Å². The quantitative estimate of drug-likeness (QED) is 0.411. The Bertz CT molecular complexity index is 1340. The first-order valence-corrected chi connectivity index (χ1v) is 12.4. The molecule has 0 bridgehead atoms. The van der Waals surface area contributed by atoms with Crippen LogP contribution in [0.4, 0.5) is 0 Å². The lowest BCUT2D eigenvalue weighted by Crippen LogP contribution is -2.27. The Morgan fingerprint density at radius 1 is 1.06 bits per heavy atom. The summed E-state index contributed by atoms with van der Waals surface area (Å²) >= 11 is 7.69. The van der Waals surface area contributed by atoms with Crippen molar-refractivity contribution in [3.05, 3.63) is 94.0 Å². The summed E-state index contributed by atoms with van der Waals surface area (Å²) in [6.07, 6.45) is 0. The van der Waals surface area contributed by atoms with Gasteiger partial charge in [0.2, 0.25) is 10.0 Å². The number of benzene rings is 3. The molecule has 0 atom stereocenters. The van der Waals surface area contributed by atoms with Gasteiger partial charge >= 0.3 is 0 Å². The van der Waals surface area contributed by atoms with Crippen LogP contribution in [-0.4, -0.2) is 31.3 Å². The minimum atomic E-state index is -3.91. The number of hydrogen-bond donors (Lipinski definition) is 1. The topological polar surface area (TPSA) is 79.4 Å². The third-order valence-corrected chi connectivity index (χ3v) is 7.74. The van der Waals surface area contributed by atoms with Gasteiger partial charge in [0.05, 0.1) is 21.8 Å². The zero-order valence-corrected chi connectivity index (χ0v) is 19.5. The smallest absolute Gasteiger partial charge is 0.254 e. The van der Waals surface area contributed by atoms with Gasteiger partial charge in [-0.1, -0.05) is 54.1 Å². The Labute approximate surface area is 195 Å². The number of carbonyl (C=O) groups is 1. The summed E-state index contributed by atoms with van der Waals surface area (Å²) < 4.78 is 29.3. The van der Waals surface area contributed by atoms with Crippen molar-refractivity contribution in [1.29, 1.82) is 0 Å². The van der Waals surface area contributed by atoms with Gasteiger partial charge in [-0.15, -0.1) is 11.3 Å². The van der Waals surface area contributed by atoms with Crippen LogP contribution in [0.2, 0.25) is 5.02 Å². The molecule has 6 nitrogen and oxygen atoms in total. The van der Waals surface area contributed by atoms with Gasteiger partial charge in [-0.2, -0.15) is 0 Å². The molecular formula is C23H20ClN3O3S2.